The number of anilines is 1. The fraction of sp³-hybridized carbons (Fsp3) is 0.625. The molecular weight excluding hydrogens is 256 g/mol. The Hall–Kier alpha value is -0.730. The Kier molecular flexibility index (Phi) is 5.12. The van der Waals surface area contributed by atoms with Crippen molar-refractivity contribution in [1.82, 2.24) is 5.32 Å². The fourth-order valence-corrected chi connectivity index (χ4v) is 3.19. The minimum Gasteiger partial charge on any atom is -0.367 e. The smallest absolute Gasteiger partial charge is 0.0643 e. The molecule has 0 spiro atoms. The first-order valence-corrected chi connectivity index (χ1v) is 7.76. The van der Waals surface area contributed by atoms with Gasteiger partial charge in [-0.3, -0.25) is 0 Å². The molecule has 1 aliphatic heterocycles. The number of nitrogens with zero attached hydrogens (tertiary/aromatic N) is 1. The van der Waals surface area contributed by atoms with Crippen LogP contribution in [0.4, 0.5) is 5.69 Å². The van der Waals surface area contributed by atoms with Crippen LogP contribution < -0.4 is 10.2 Å². The third kappa shape index (κ3) is 3.43. The van der Waals surface area contributed by atoms with E-state index in [1.165, 1.54) is 24.1 Å². The van der Waals surface area contributed by atoms with Crippen LogP contribution in [0, 0.1) is 5.92 Å². The van der Waals surface area contributed by atoms with Crippen LogP contribution >= 0.6 is 11.6 Å². The number of benzene rings is 1. The predicted octanol–water partition coefficient (Wildman–Crippen LogP) is 4.07. The van der Waals surface area contributed by atoms with Crippen LogP contribution in [0.3, 0.4) is 0 Å². The number of nitrogens with one attached hydrogen (secondary N) is 1. The van der Waals surface area contributed by atoms with Gasteiger partial charge in [-0.2, -0.15) is 0 Å². The van der Waals surface area contributed by atoms with Crippen molar-refractivity contribution < 1.29 is 0 Å². The fourth-order valence-electron chi connectivity index (χ4n) is 2.88. The molecule has 1 saturated heterocycles. The first kappa shape index (κ1) is 14.7. The summed E-state index contributed by atoms with van der Waals surface area (Å²) >= 11 is 6.49. The quantitative estimate of drug-likeness (QED) is 0.894. The monoisotopic (exact) mass is 280 g/mol. The number of rotatable bonds is 4. The number of hydrogen-bond donors (Lipinski definition) is 1. The molecule has 2 unspecified atom stereocenters. The summed E-state index contributed by atoms with van der Waals surface area (Å²) in [5, 5.41) is 4.30. The molecule has 3 heteroatoms. The Balaban J connectivity index is 2.30. The van der Waals surface area contributed by atoms with E-state index in [1.54, 1.807) is 0 Å². The van der Waals surface area contributed by atoms with Crippen molar-refractivity contribution in [2.75, 3.05) is 18.0 Å². The van der Waals surface area contributed by atoms with E-state index in [1.807, 2.05) is 6.07 Å². The summed E-state index contributed by atoms with van der Waals surface area (Å²) in [7, 11) is 0. The predicted molar refractivity (Wildman–Crippen MR) is 84.0 cm³/mol. The van der Waals surface area contributed by atoms with Crippen molar-refractivity contribution in [3.8, 4) is 0 Å². The van der Waals surface area contributed by atoms with Gasteiger partial charge >= 0.3 is 0 Å². The van der Waals surface area contributed by atoms with Crippen LogP contribution in [-0.4, -0.2) is 19.1 Å². The molecule has 1 heterocycles. The van der Waals surface area contributed by atoms with Gasteiger partial charge in [0.1, 0.15) is 0 Å². The van der Waals surface area contributed by atoms with Gasteiger partial charge in [0.25, 0.3) is 0 Å². The van der Waals surface area contributed by atoms with Crippen LogP contribution in [0.15, 0.2) is 18.2 Å². The highest BCUT2D eigenvalue weighted by molar-refractivity contribution is 6.33. The summed E-state index contributed by atoms with van der Waals surface area (Å²) in [6.07, 6.45) is 2.58. The second-order valence-corrected chi connectivity index (χ2v) is 6.12. The third-order valence-corrected chi connectivity index (χ3v) is 4.35. The summed E-state index contributed by atoms with van der Waals surface area (Å²) < 4.78 is 0. The Morgan fingerprint density at radius 1 is 1.32 bits per heavy atom. The molecule has 0 aromatic heterocycles. The lowest BCUT2D eigenvalue weighted by Gasteiger charge is -2.40. The Morgan fingerprint density at radius 3 is 2.84 bits per heavy atom. The molecule has 0 aliphatic carbocycles. The molecule has 1 fully saturated rings. The first-order chi connectivity index (χ1) is 9.13. The Bertz CT molecular complexity index is 419. The van der Waals surface area contributed by atoms with E-state index < -0.39 is 0 Å². The van der Waals surface area contributed by atoms with Crippen molar-refractivity contribution >= 4 is 17.3 Å². The van der Waals surface area contributed by atoms with Crippen LogP contribution in [-0.2, 0) is 6.54 Å². The van der Waals surface area contributed by atoms with Crippen LogP contribution in [0.2, 0.25) is 5.02 Å². The van der Waals surface area contributed by atoms with E-state index in [0.717, 1.165) is 30.6 Å². The second kappa shape index (κ2) is 6.62. The van der Waals surface area contributed by atoms with E-state index in [4.69, 9.17) is 11.6 Å². The van der Waals surface area contributed by atoms with E-state index in [0.29, 0.717) is 6.04 Å². The van der Waals surface area contributed by atoms with Crippen molar-refractivity contribution in [2.24, 2.45) is 5.92 Å². The number of piperidine rings is 1. The maximum atomic E-state index is 6.49. The van der Waals surface area contributed by atoms with Gasteiger partial charge in [0.15, 0.2) is 0 Å². The van der Waals surface area contributed by atoms with Gasteiger partial charge in [-0.25, -0.2) is 0 Å². The Labute approximate surface area is 122 Å². The molecule has 0 radical (unpaired) electrons. The second-order valence-electron chi connectivity index (χ2n) is 5.71. The van der Waals surface area contributed by atoms with Gasteiger partial charge in [-0.05, 0) is 43.9 Å². The average molecular weight is 281 g/mol. The number of hydrogen-bond acceptors (Lipinski definition) is 2. The molecule has 1 aromatic carbocycles. The minimum absolute atomic E-state index is 0.580. The molecular formula is C16H25ClN2. The first-order valence-electron chi connectivity index (χ1n) is 7.38. The molecule has 2 rings (SSSR count). The van der Waals surface area contributed by atoms with E-state index in [9.17, 15) is 0 Å². The van der Waals surface area contributed by atoms with Gasteiger partial charge in [0.2, 0.25) is 0 Å². The highest BCUT2D eigenvalue weighted by atomic mass is 35.5. The summed E-state index contributed by atoms with van der Waals surface area (Å²) in [6.45, 7) is 9.77. The van der Waals surface area contributed by atoms with Crippen molar-refractivity contribution in [3.63, 3.8) is 0 Å². The van der Waals surface area contributed by atoms with E-state index in [2.05, 4.69) is 43.1 Å². The molecule has 0 amide bonds. The molecule has 0 saturated carbocycles. The Morgan fingerprint density at radius 2 is 2.11 bits per heavy atom. The van der Waals surface area contributed by atoms with Crippen LogP contribution in [0.25, 0.3) is 0 Å². The largest absolute Gasteiger partial charge is 0.367 e. The summed E-state index contributed by atoms with van der Waals surface area (Å²) in [6, 6.07) is 6.83. The highest BCUT2D eigenvalue weighted by Gasteiger charge is 2.26. The molecule has 0 bridgehead atoms. The highest BCUT2D eigenvalue weighted by Crippen LogP contribution is 2.35. The molecule has 1 aliphatic rings. The van der Waals surface area contributed by atoms with Gasteiger partial charge in [0.05, 0.1) is 10.7 Å². The third-order valence-electron chi connectivity index (χ3n) is 4.04. The lowest BCUT2D eigenvalue weighted by atomic mass is 9.93. The van der Waals surface area contributed by atoms with E-state index >= 15 is 0 Å². The van der Waals surface area contributed by atoms with E-state index in [-0.39, 0.29) is 0 Å². The van der Waals surface area contributed by atoms with Gasteiger partial charge in [-0.1, -0.05) is 37.6 Å². The van der Waals surface area contributed by atoms with Gasteiger partial charge in [-0.15, -0.1) is 0 Å². The zero-order chi connectivity index (χ0) is 13.8. The maximum Gasteiger partial charge on any atom is 0.0643 e. The van der Waals surface area contributed by atoms with Gasteiger partial charge < -0.3 is 10.2 Å². The lowest BCUT2D eigenvalue weighted by Crippen LogP contribution is -2.42. The molecule has 1 N–H and O–H groups in total. The zero-order valence-electron chi connectivity index (χ0n) is 12.2. The van der Waals surface area contributed by atoms with Crippen molar-refractivity contribution in [3.05, 3.63) is 28.8 Å². The van der Waals surface area contributed by atoms with Crippen LogP contribution in [0.5, 0.6) is 0 Å². The maximum absolute atomic E-state index is 6.49. The SMILES string of the molecule is CCNCc1cccc(Cl)c1N1CC(C)CCC1C. The molecule has 106 valence electrons. The van der Waals surface area contributed by atoms with Crippen LogP contribution in [0.1, 0.15) is 39.2 Å². The summed E-state index contributed by atoms with van der Waals surface area (Å²) in [5.41, 5.74) is 2.56. The average Bonchev–Trinajstić information content (AvgIpc) is 2.39. The summed E-state index contributed by atoms with van der Waals surface area (Å²) in [4.78, 5) is 2.50. The topological polar surface area (TPSA) is 15.3 Å². The number of halogens is 1. The van der Waals surface area contributed by atoms with Crippen molar-refractivity contribution in [2.45, 2.75) is 46.2 Å². The van der Waals surface area contributed by atoms with Gasteiger partial charge in [0, 0.05) is 19.1 Å². The molecule has 1 aromatic rings. The zero-order valence-corrected chi connectivity index (χ0v) is 13.0. The molecule has 2 nitrogen and oxygen atoms in total. The standard InChI is InChI=1S/C16H25ClN2/c1-4-18-10-14-6-5-7-15(17)16(14)19-11-12(2)8-9-13(19)3/h5-7,12-13,18H,4,8-11H2,1-3H3. The lowest BCUT2D eigenvalue weighted by molar-refractivity contribution is 0.389. The molecule has 2 atom stereocenters. The number of para-hydroxylation sites is 1. The molecule has 19 heavy (non-hydrogen) atoms. The normalized spacial score (nSPS) is 23.7. The summed E-state index contributed by atoms with van der Waals surface area (Å²) in [5.74, 6) is 0.749. The van der Waals surface area contributed by atoms with Crippen molar-refractivity contribution in [1.29, 1.82) is 0 Å². The minimum atomic E-state index is 0.580.